The van der Waals surface area contributed by atoms with E-state index in [2.05, 4.69) is 5.32 Å². The van der Waals surface area contributed by atoms with Gasteiger partial charge in [-0.1, -0.05) is 6.92 Å². The lowest BCUT2D eigenvalue weighted by atomic mass is 10.1. The topological polar surface area (TPSA) is 97.3 Å². The van der Waals surface area contributed by atoms with Gasteiger partial charge in [0.05, 0.1) is 0 Å². The van der Waals surface area contributed by atoms with Crippen molar-refractivity contribution in [2.45, 2.75) is 58.7 Å². The summed E-state index contributed by atoms with van der Waals surface area (Å²) in [5, 5.41) is 21.1. The smallest absolute Gasteiger partial charge is 0.465 e. The van der Waals surface area contributed by atoms with Crippen LogP contribution in [0.4, 0.5) is 4.79 Å². The SMILES string of the molecule is CCO[Si](CCCC(O)(CC)NC(=O)O)(OCC)OCC. The summed E-state index contributed by atoms with van der Waals surface area (Å²) < 4.78 is 17.1. The van der Waals surface area contributed by atoms with Crippen molar-refractivity contribution in [2.75, 3.05) is 19.8 Å². The van der Waals surface area contributed by atoms with Crippen LogP contribution in [-0.4, -0.2) is 50.7 Å². The number of carboxylic acid groups (broad SMARTS) is 1. The van der Waals surface area contributed by atoms with Gasteiger partial charge in [0, 0.05) is 25.9 Å². The van der Waals surface area contributed by atoms with Crippen LogP contribution in [0.3, 0.4) is 0 Å². The molecule has 126 valence electrons. The van der Waals surface area contributed by atoms with E-state index in [1.807, 2.05) is 20.8 Å². The van der Waals surface area contributed by atoms with Gasteiger partial charge in [-0.2, -0.15) is 0 Å². The molecule has 0 aromatic rings. The fraction of sp³-hybridized carbons (Fsp3) is 0.923. The van der Waals surface area contributed by atoms with Crippen LogP contribution in [0.1, 0.15) is 47.0 Å². The van der Waals surface area contributed by atoms with E-state index in [0.29, 0.717) is 38.7 Å². The van der Waals surface area contributed by atoms with Crippen LogP contribution < -0.4 is 5.32 Å². The van der Waals surface area contributed by atoms with Crippen molar-refractivity contribution in [3.05, 3.63) is 0 Å². The lowest BCUT2D eigenvalue weighted by Crippen LogP contribution is -2.49. The third-order valence-corrected chi connectivity index (χ3v) is 6.24. The third-order valence-electron chi connectivity index (χ3n) is 3.09. The van der Waals surface area contributed by atoms with Gasteiger partial charge in [0.25, 0.3) is 0 Å². The van der Waals surface area contributed by atoms with E-state index in [4.69, 9.17) is 18.4 Å². The van der Waals surface area contributed by atoms with Crippen molar-refractivity contribution in [2.24, 2.45) is 0 Å². The van der Waals surface area contributed by atoms with E-state index in [1.54, 1.807) is 6.92 Å². The maximum absolute atomic E-state index is 10.7. The Hall–Kier alpha value is -0.673. The van der Waals surface area contributed by atoms with Gasteiger partial charge in [-0.3, -0.25) is 5.32 Å². The summed E-state index contributed by atoms with van der Waals surface area (Å²) in [6.07, 6.45) is -0.0947. The van der Waals surface area contributed by atoms with E-state index >= 15 is 0 Å². The molecule has 1 atom stereocenters. The minimum absolute atomic E-state index is 0.289. The summed E-state index contributed by atoms with van der Waals surface area (Å²) in [6.45, 7) is 8.87. The van der Waals surface area contributed by atoms with E-state index in [-0.39, 0.29) is 6.42 Å². The van der Waals surface area contributed by atoms with Crippen molar-refractivity contribution in [1.82, 2.24) is 5.32 Å². The largest absolute Gasteiger partial charge is 0.500 e. The Morgan fingerprint density at radius 2 is 1.57 bits per heavy atom. The number of rotatable bonds is 12. The number of carbonyl (C=O) groups is 1. The Morgan fingerprint density at radius 3 is 1.90 bits per heavy atom. The van der Waals surface area contributed by atoms with Crippen LogP contribution in [0.2, 0.25) is 6.04 Å². The first-order valence-corrected chi connectivity index (χ1v) is 9.45. The van der Waals surface area contributed by atoms with Crippen LogP contribution in [0.25, 0.3) is 0 Å². The second kappa shape index (κ2) is 10.1. The van der Waals surface area contributed by atoms with E-state index in [9.17, 15) is 9.90 Å². The Kier molecular flexibility index (Phi) is 9.80. The number of nitrogens with one attached hydrogen (secondary N) is 1. The molecule has 0 aliphatic carbocycles. The number of amides is 1. The fourth-order valence-electron chi connectivity index (χ4n) is 2.13. The first-order valence-electron chi connectivity index (χ1n) is 7.52. The fourth-order valence-corrected chi connectivity index (χ4v) is 4.74. The highest BCUT2D eigenvalue weighted by molar-refractivity contribution is 6.60. The highest BCUT2D eigenvalue weighted by Crippen LogP contribution is 2.23. The van der Waals surface area contributed by atoms with Crippen molar-refractivity contribution >= 4 is 14.9 Å². The molecule has 7 nitrogen and oxygen atoms in total. The number of hydrogen-bond donors (Lipinski definition) is 3. The van der Waals surface area contributed by atoms with Crippen molar-refractivity contribution in [3.8, 4) is 0 Å². The molecule has 0 fully saturated rings. The summed E-state index contributed by atoms with van der Waals surface area (Å²) >= 11 is 0. The van der Waals surface area contributed by atoms with Crippen LogP contribution in [0.15, 0.2) is 0 Å². The average molecular weight is 323 g/mol. The predicted molar refractivity (Wildman–Crippen MR) is 81.1 cm³/mol. The predicted octanol–water partition coefficient (Wildman–Crippen LogP) is 2.18. The molecule has 0 saturated heterocycles. The summed E-state index contributed by atoms with van der Waals surface area (Å²) in [5.74, 6) is 0. The second-order valence-electron chi connectivity index (χ2n) is 4.65. The molecule has 0 spiro atoms. The third kappa shape index (κ3) is 7.77. The summed E-state index contributed by atoms with van der Waals surface area (Å²) in [4.78, 5) is 10.7. The number of hydrogen-bond acceptors (Lipinski definition) is 5. The van der Waals surface area contributed by atoms with E-state index in [1.165, 1.54) is 0 Å². The molecule has 1 unspecified atom stereocenters. The first kappa shape index (κ1) is 20.3. The minimum Gasteiger partial charge on any atom is -0.465 e. The van der Waals surface area contributed by atoms with Gasteiger partial charge in [-0.25, -0.2) is 4.79 Å². The first-order chi connectivity index (χ1) is 9.87. The molecule has 0 aromatic heterocycles. The molecule has 21 heavy (non-hydrogen) atoms. The molecule has 0 aliphatic rings. The molecule has 0 aromatic carbocycles. The average Bonchev–Trinajstić information content (AvgIpc) is 2.38. The van der Waals surface area contributed by atoms with Crippen molar-refractivity contribution in [3.63, 3.8) is 0 Å². The van der Waals surface area contributed by atoms with Gasteiger partial charge < -0.3 is 23.5 Å². The zero-order valence-corrected chi connectivity index (χ0v) is 14.5. The zero-order valence-electron chi connectivity index (χ0n) is 13.5. The molecule has 3 N–H and O–H groups in total. The van der Waals surface area contributed by atoms with Gasteiger partial charge in [-0.15, -0.1) is 0 Å². The highest BCUT2D eigenvalue weighted by atomic mass is 28.4. The van der Waals surface area contributed by atoms with Gasteiger partial charge in [0.1, 0.15) is 5.72 Å². The van der Waals surface area contributed by atoms with Crippen LogP contribution in [0.5, 0.6) is 0 Å². The highest BCUT2D eigenvalue weighted by Gasteiger charge is 2.40. The Labute approximate surface area is 128 Å². The van der Waals surface area contributed by atoms with Crippen LogP contribution >= 0.6 is 0 Å². The summed E-state index contributed by atoms with van der Waals surface area (Å²) in [6, 6.07) is 0.548. The molecular weight excluding hydrogens is 294 g/mol. The summed E-state index contributed by atoms with van der Waals surface area (Å²) in [5.41, 5.74) is -1.42. The van der Waals surface area contributed by atoms with Gasteiger partial charge in [-0.05, 0) is 40.0 Å². The Balaban J connectivity index is 4.61. The minimum atomic E-state index is -2.73. The quantitative estimate of drug-likeness (QED) is 0.376. The van der Waals surface area contributed by atoms with Gasteiger partial charge in [0.2, 0.25) is 0 Å². The molecule has 0 rings (SSSR count). The standard InChI is InChI=1S/C13H29NO6Si/c1-5-13(17,14-12(15)16)10-9-11-21(18-6-2,19-7-3)20-8-4/h14,17H,5-11H2,1-4H3,(H,15,16). The van der Waals surface area contributed by atoms with Crippen molar-refractivity contribution in [1.29, 1.82) is 0 Å². The molecule has 0 heterocycles. The molecule has 0 bridgehead atoms. The van der Waals surface area contributed by atoms with Crippen molar-refractivity contribution < 1.29 is 28.3 Å². The van der Waals surface area contributed by atoms with Crippen LogP contribution in [-0.2, 0) is 13.3 Å². The molecule has 1 amide bonds. The zero-order chi connectivity index (χ0) is 16.4. The lowest BCUT2D eigenvalue weighted by Gasteiger charge is -2.31. The molecule has 8 heteroatoms. The molecule has 0 saturated carbocycles. The molecular formula is C13H29NO6Si. The maximum Gasteiger partial charge on any atom is 0.500 e. The normalized spacial score (nSPS) is 14.7. The second-order valence-corrected chi connectivity index (χ2v) is 7.38. The summed E-state index contributed by atoms with van der Waals surface area (Å²) in [7, 11) is -2.73. The van der Waals surface area contributed by atoms with Gasteiger partial charge in [0.15, 0.2) is 0 Å². The van der Waals surface area contributed by atoms with Gasteiger partial charge >= 0.3 is 14.9 Å². The van der Waals surface area contributed by atoms with E-state index < -0.39 is 20.6 Å². The van der Waals surface area contributed by atoms with E-state index in [0.717, 1.165) is 0 Å². The molecule has 0 aliphatic heterocycles. The number of aliphatic hydroxyl groups is 1. The van der Waals surface area contributed by atoms with Crippen LogP contribution in [0, 0.1) is 0 Å². The maximum atomic E-state index is 10.7. The monoisotopic (exact) mass is 323 g/mol. The molecule has 0 radical (unpaired) electrons. The Morgan fingerprint density at radius 1 is 1.10 bits per heavy atom. The Bertz CT molecular complexity index is 287. The lowest BCUT2D eigenvalue weighted by molar-refractivity contribution is -0.00420.